The molecule has 488 valence electrons. The smallest absolute Gasteiger partial charge is 0.303 e. The molecule has 0 aliphatic carbocycles. The summed E-state index contributed by atoms with van der Waals surface area (Å²) < 4.78 is 45.4. The zero-order valence-corrected chi connectivity index (χ0v) is 53.7. The van der Waals surface area contributed by atoms with Crippen LogP contribution in [0.5, 0.6) is 17.2 Å². The van der Waals surface area contributed by atoms with Crippen molar-refractivity contribution in [3.8, 4) is 17.2 Å². The first kappa shape index (κ1) is 71.5. The summed E-state index contributed by atoms with van der Waals surface area (Å²) in [6.45, 7) is 13.4. The molecule has 0 bridgehead atoms. The predicted molar refractivity (Wildman–Crippen MR) is 339 cm³/mol. The van der Waals surface area contributed by atoms with Gasteiger partial charge in [0.25, 0.3) is 0 Å². The highest BCUT2D eigenvalue weighted by Gasteiger charge is 2.49. The molecule has 8 N–H and O–H groups in total. The van der Waals surface area contributed by atoms with Gasteiger partial charge in [0.15, 0.2) is 6.10 Å². The molecule has 6 aromatic carbocycles. The topological polar surface area (TPSA) is 270 Å². The van der Waals surface area contributed by atoms with Crippen molar-refractivity contribution >= 4 is 46.7 Å². The van der Waals surface area contributed by atoms with Gasteiger partial charge in [-0.1, -0.05) is 121 Å². The number of aliphatic hydroxyl groups excluding tert-OH is 8. The van der Waals surface area contributed by atoms with Gasteiger partial charge in [-0.2, -0.15) is 0 Å². The van der Waals surface area contributed by atoms with Crippen molar-refractivity contribution in [2.45, 2.75) is 160 Å². The van der Waals surface area contributed by atoms with E-state index in [9.17, 15) is 50.4 Å². The molecule has 3 saturated heterocycles. The van der Waals surface area contributed by atoms with E-state index in [0.717, 1.165) is 62.6 Å². The van der Waals surface area contributed by atoms with Crippen molar-refractivity contribution in [1.29, 1.82) is 0 Å². The van der Waals surface area contributed by atoms with E-state index in [-0.39, 0.29) is 12.0 Å². The Bertz CT molecular complexity index is 3090. The number of esters is 2. The van der Waals surface area contributed by atoms with Crippen LogP contribution in [0.4, 0.5) is 0 Å². The standard InChI is InChI=1S/C27H33ClO6.2C21H25ClO6/c1-6-24-16(3)25(32-17(4)29)27(33-18(5)30)26(34-24)20-10-13-23(28)21(15-20)14-19-8-11-22(12-9-19)31-7-2;2*1-2-27-15-6-3-12(4-7-15)9-14-10-13(5-8-16(14)22)21-20(26)19(25)18(24)17(11-23)28-21/h8-13,15-16,24-27H,6-7,14H2,1-5H3;2*3-8,10,17-21,23-26H,2,9,11H2,1H3/t16-,24-,25+,26+,27-;2*17-,18-,19+,20-,21+/m111/s1. The fraction of sp³-hybridized carbons (Fsp3) is 0.449. The van der Waals surface area contributed by atoms with Gasteiger partial charge < -0.3 is 78.7 Å². The van der Waals surface area contributed by atoms with Crippen LogP contribution in [-0.4, -0.2) is 153 Å². The van der Waals surface area contributed by atoms with Crippen molar-refractivity contribution in [2.24, 2.45) is 5.92 Å². The third kappa shape index (κ3) is 18.7. The maximum Gasteiger partial charge on any atom is 0.303 e. The predicted octanol–water partition coefficient (Wildman–Crippen LogP) is 9.37. The molecule has 18 nitrogen and oxygen atoms in total. The van der Waals surface area contributed by atoms with Crippen LogP contribution < -0.4 is 14.2 Å². The SMILES string of the molecule is CCOc1ccc(Cc2cc([C@@H]3O[C@H](CC)[C@@H](C)[C@H](OC(C)=O)[C@H]3OC(C)=O)ccc2Cl)cc1.CCOc1ccc(Cc2cc([C@@H]3O[C@H](CO)[C@@H](O)[C@H](O)[C@H]3O)ccc2Cl)cc1.CCOc1ccc(Cc2cc([C@@H]3O[C@H](CO)[C@@H](O)[C@H](O)[C@H]3O)ccc2Cl)cc1. The fourth-order valence-corrected chi connectivity index (χ4v) is 11.8. The number of hydrogen-bond donors (Lipinski definition) is 8. The summed E-state index contributed by atoms with van der Waals surface area (Å²) in [7, 11) is 0. The van der Waals surface area contributed by atoms with Gasteiger partial charge in [0.05, 0.1) is 39.1 Å². The number of carbonyl (C=O) groups excluding carboxylic acids is 2. The Morgan fingerprint density at radius 1 is 0.422 bits per heavy atom. The molecule has 0 spiro atoms. The number of rotatable bonds is 20. The normalized spacial score (nSPS) is 26.4. The first-order chi connectivity index (χ1) is 43.1. The molecular weight excluding hydrogens is 1220 g/mol. The Labute approximate surface area is 540 Å². The zero-order chi connectivity index (χ0) is 65.3. The lowest BCUT2D eigenvalue weighted by atomic mass is 9.84. The summed E-state index contributed by atoms with van der Waals surface area (Å²) in [5, 5.41) is 81.2. The Morgan fingerprint density at radius 2 is 0.733 bits per heavy atom. The molecule has 15 atom stereocenters. The number of benzene rings is 6. The first-order valence-corrected chi connectivity index (χ1v) is 31.4. The van der Waals surface area contributed by atoms with E-state index >= 15 is 0 Å². The molecule has 0 amide bonds. The minimum Gasteiger partial charge on any atom is -0.494 e. The molecule has 0 unspecified atom stereocenters. The monoisotopic (exact) mass is 1300 g/mol. The summed E-state index contributed by atoms with van der Waals surface area (Å²) in [5.41, 5.74) is 7.79. The van der Waals surface area contributed by atoms with Gasteiger partial charge in [0.1, 0.15) is 90.5 Å². The average molecular weight is 1310 g/mol. The van der Waals surface area contributed by atoms with Gasteiger partial charge >= 0.3 is 11.9 Å². The van der Waals surface area contributed by atoms with E-state index in [1.54, 1.807) is 24.3 Å². The summed E-state index contributed by atoms with van der Waals surface area (Å²) >= 11 is 19.2. The Kier molecular flexibility index (Phi) is 27.1. The van der Waals surface area contributed by atoms with E-state index in [1.165, 1.54) is 13.8 Å². The molecule has 3 aliphatic rings. The quantitative estimate of drug-likeness (QED) is 0.0331. The zero-order valence-electron chi connectivity index (χ0n) is 51.4. The summed E-state index contributed by atoms with van der Waals surface area (Å²) in [5.74, 6) is 1.41. The van der Waals surface area contributed by atoms with Crippen LogP contribution in [0.25, 0.3) is 0 Å². The summed E-state index contributed by atoms with van der Waals surface area (Å²) in [4.78, 5) is 23.8. The highest BCUT2D eigenvalue weighted by atomic mass is 35.5. The number of carbonyl (C=O) groups is 2. The van der Waals surface area contributed by atoms with E-state index in [1.807, 2.05) is 138 Å². The van der Waals surface area contributed by atoms with Crippen LogP contribution in [-0.2, 0) is 52.5 Å². The van der Waals surface area contributed by atoms with Crippen LogP contribution in [0.3, 0.4) is 0 Å². The molecule has 3 fully saturated rings. The molecule has 0 radical (unpaired) electrons. The van der Waals surface area contributed by atoms with Crippen LogP contribution in [0.1, 0.15) is 123 Å². The van der Waals surface area contributed by atoms with Crippen molar-refractivity contribution in [2.75, 3.05) is 33.0 Å². The van der Waals surface area contributed by atoms with E-state index in [0.29, 0.717) is 65.3 Å². The van der Waals surface area contributed by atoms with Gasteiger partial charge in [0, 0.05) is 34.8 Å². The number of ether oxygens (including phenoxy) is 8. The van der Waals surface area contributed by atoms with E-state index in [4.69, 9.17) is 72.7 Å². The van der Waals surface area contributed by atoms with Gasteiger partial charge in [-0.15, -0.1) is 0 Å². The summed E-state index contributed by atoms with van der Waals surface area (Å²) in [6.07, 6.45) is -11.6. The minimum absolute atomic E-state index is 0.134. The Morgan fingerprint density at radius 3 is 1.03 bits per heavy atom. The van der Waals surface area contributed by atoms with Gasteiger partial charge in [-0.25, -0.2) is 0 Å². The molecule has 9 rings (SSSR count). The maximum absolute atomic E-state index is 12.0. The van der Waals surface area contributed by atoms with Gasteiger partial charge in [-0.3, -0.25) is 9.59 Å². The van der Waals surface area contributed by atoms with Crippen molar-refractivity contribution in [1.82, 2.24) is 0 Å². The average Bonchev–Trinajstić information content (AvgIpc) is 0.867. The summed E-state index contributed by atoms with van der Waals surface area (Å²) in [6, 6.07) is 39.5. The molecule has 0 aromatic heterocycles. The highest BCUT2D eigenvalue weighted by Crippen LogP contribution is 2.42. The fourth-order valence-electron chi connectivity index (χ4n) is 11.2. The lowest BCUT2D eigenvalue weighted by Crippen LogP contribution is -2.55. The van der Waals surface area contributed by atoms with Gasteiger partial charge in [-0.05, 0) is 151 Å². The van der Waals surface area contributed by atoms with Crippen molar-refractivity contribution < 1.29 is 88.3 Å². The van der Waals surface area contributed by atoms with Crippen LogP contribution in [0.2, 0.25) is 15.1 Å². The Hall–Kier alpha value is -5.91. The van der Waals surface area contributed by atoms with E-state index < -0.39 is 105 Å². The molecule has 90 heavy (non-hydrogen) atoms. The molecule has 0 saturated carbocycles. The van der Waals surface area contributed by atoms with Crippen molar-refractivity contribution in [3.05, 3.63) is 193 Å². The first-order valence-electron chi connectivity index (χ1n) is 30.2. The highest BCUT2D eigenvalue weighted by molar-refractivity contribution is 6.32. The number of aliphatic hydroxyl groups is 8. The molecule has 6 aromatic rings. The Balaban J connectivity index is 0.000000193. The second kappa shape index (κ2) is 34.1. The third-order valence-corrected chi connectivity index (χ3v) is 17.0. The van der Waals surface area contributed by atoms with Crippen LogP contribution >= 0.6 is 34.8 Å². The van der Waals surface area contributed by atoms with Gasteiger partial charge in [0.2, 0.25) is 0 Å². The van der Waals surface area contributed by atoms with Crippen LogP contribution in [0.15, 0.2) is 127 Å². The van der Waals surface area contributed by atoms with E-state index in [2.05, 4.69) is 0 Å². The molecule has 21 heteroatoms. The van der Waals surface area contributed by atoms with Crippen LogP contribution in [0, 0.1) is 5.92 Å². The molecular formula is C69H83Cl3O18. The molecule has 3 heterocycles. The minimum atomic E-state index is -1.42. The molecule has 3 aliphatic heterocycles. The third-order valence-electron chi connectivity index (χ3n) is 15.9. The lowest BCUT2D eigenvalue weighted by Gasteiger charge is -2.44. The second-order valence-corrected chi connectivity index (χ2v) is 23.5. The largest absolute Gasteiger partial charge is 0.494 e. The maximum atomic E-state index is 12.0. The number of hydrogen-bond acceptors (Lipinski definition) is 18. The second-order valence-electron chi connectivity index (χ2n) is 22.3. The lowest BCUT2D eigenvalue weighted by molar-refractivity contribution is -0.231. The number of halogens is 3. The van der Waals surface area contributed by atoms with Crippen molar-refractivity contribution in [3.63, 3.8) is 0 Å².